The minimum absolute atomic E-state index is 0.168. The Balaban J connectivity index is 2.33. The zero-order valence-corrected chi connectivity index (χ0v) is 18.0. The molecule has 0 radical (unpaired) electrons. The van der Waals surface area contributed by atoms with Crippen LogP contribution in [0.5, 0.6) is 5.75 Å². The molecule has 3 aromatic rings. The molecule has 28 heavy (non-hydrogen) atoms. The van der Waals surface area contributed by atoms with E-state index in [4.69, 9.17) is 27.1 Å². The first-order chi connectivity index (χ1) is 13.5. The van der Waals surface area contributed by atoms with Crippen molar-refractivity contribution in [3.05, 3.63) is 47.0 Å². The standard InChI is InChI=1S/C23H30ClN3O/c1-5-27(6-2)22(12-7-15(3)25)23-18-10-8-16(24)13-21(18)26-20-11-9-17(28-4)14-19(20)23/h8-11,13-15,22H,5-7,12,25H2,1-4H3. The highest BCUT2D eigenvalue weighted by Gasteiger charge is 2.24. The zero-order valence-electron chi connectivity index (χ0n) is 17.2. The van der Waals surface area contributed by atoms with Crippen LogP contribution in [0.15, 0.2) is 36.4 Å². The Morgan fingerprint density at radius 1 is 1.04 bits per heavy atom. The molecule has 0 bridgehead atoms. The third kappa shape index (κ3) is 4.24. The first kappa shape index (κ1) is 20.8. The monoisotopic (exact) mass is 399 g/mol. The lowest BCUT2D eigenvalue weighted by atomic mass is 9.91. The molecule has 1 aromatic heterocycles. The number of nitrogens with zero attached hydrogens (tertiary/aromatic N) is 2. The average Bonchev–Trinajstić information content (AvgIpc) is 2.69. The molecule has 4 nitrogen and oxygen atoms in total. The molecule has 0 aliphatic carbocycles. The van der Waals surface area contributed by atoms with Crippen LogP contribution in [0.1, 0.15) is 45.2 Å². The fraction of sp³-hybridized carbons (Fsp3) is 0.435. The molecule has 0 aliphatic heterocycles. The number of fused-ring (bicyclic) bond motifs is 2. The summed E-state index contributed by atoms with van der Waals surface area (Å²) < 4.78 is 5.52. The number of pyridine rings is 1. The summed E-state index contributed by atoms with van der Waals surface area (Å²) in [6, 6.07) is 12.5. The van der Waals surface area contributed by atoms with Crippen LogP contribution in [0, 0.1) is 0 Å². The van der Waals surface area contributed by atoms with E-state index in [0.717, 1.165) is 53.5 Å². The first-order valence-electron chi connectivity index (χ1n) is 10.0. The second-order valence-corrected chi connectivity index (χ2v) is 7.80. The smallest absolute Gasteiger partial charge is 0.119 e. The fourth-order valence-corrected chi connectivity index (χ4v) is 4.18. The Morgan fingerprint density at radius 2 is 1.79 bits per heavy atom. The minimum atomic E-state index is 0.168. The predicted molar refractivity (Wildman–Crippen MR) is 119 cm³/mol. The number of hydrogen-bond donors (Lipinski definition) is 1. The topological polar surface area (TPSA) is 51.4 Å². The fourth-order valence-electron chi connectivity index (χ4n) is 4.01. The van der Waals surface area contributed by atoms with Gasteiger partial charge in [-0.15, -0.1) is 0 Å². The van der Waals surface area contributed by atoms with Crippen LogP contribution in [0.3, 0.4) is 0 Å². The van der Waals surface area contributed by atoms with Crippen LogP contribution in [0.25, 0.3) is 21.8 Å². The van der Waals surface area contributed by atoms with Crippen molar-refractivity contribution in [2.45, 2.75) is 45.7 Å². The Bertz CT molecular complexity index is 953. The van der Waals surface area contributed by atoms with E-state index in [-0.39, 0.29) is 12.1 Å². The summed E-state index contributed by atoms with van der Waals surface area (Å²) in [6.45, 7) is 8.45. The maximum Gasteiger partial charge on any atom is 0.119 e. The van der Waals surface area contributed by atoms with Crippen LogP contribution >= 0.6 is 11.6 Å². The van der Waals surface area contributed by atoms with Crippen LogP contribution < -0.4 is 10.5 Å². The van der Waals surface area contributed by atoms with Crippen LogP contribution in [-0.4, -0.2) is 36.1 Å². The van der Waals surface area contributed by atoms with E-state index in [1.807, 2.05) is 24.3 Å². The number of hydrogen-bond acceptors (Lipinski definition) is 4. The van der Waals surface area contributed by atoms with Crippen LogP contribution in [-0.2, 0) is 0 Å². The maximum atomic E-state index is 6.28. The van der Waals surface area contributed by atoms with Crippen molar-refractivity contribution in [1.29, 1.82) is 0 Å². The summed E-state index contributed by atoms with van der Waals surface area (Å²) >= 11 is 6.28. The minimum Gasteiger partial charge on any atom is -0.497 e. The molecule has 3 rings (SSSR count). The molecule has 150 valence electrons. The van der Waals surface area contributed by atoms with Crippen molar-refractivity contribution in [1.82, 2.24) is 9.88 Å². The molecule has 2 unspecified atom stereocenters. The molecule has 5 heteroatoms. The van der Waals surface area contributed by atoms with Gasteiger partial charge in [0, 0.05) is 27.9 Å². The van der Waals surface area contributed by atoms with E-state index in [9.17, 15) is 0 Å². The Labute approximate surface area is 172 Å². The normalized spacial score (nSPS) is 14.0. The lowest BCUT2D eigenvalue weighted by Crippen LogP contribution is -2.30. The summed E-state index contributed by atoms with van der Waals surface area (Å²) in [5.74, 6) is 0.842. The lowest BCUT2D eigenvalue weighted by Gasteiger charge is -2.32. The quantitative estimate of drug-likeness (QED) is 0.504. The molecule has 0 amide bonds. The number of aromatic nitrogens is 1. The van der Waals surface area contributed by atoms with E-state index in [1.54, 1.807) is 7.11 Å². The number of benzene rings is 2. The molecule has 1 heterocycles. The van der Waals surface area contributed by atoms with Gasteiger partial charge in [-0.05, 0) is 68.8 Å². The number of methoxy groups -OCH3 is 1. The number of ether oxygens (including phenoxy) is 1. The zero-order chi connectivity index (χ0) is 20.3. The highest BCUT2D eigenvalue weighted by atomic mass is 35.5. The predicted octanol–water partition coefficient (Wildman–Crippen LogP) is 5.56. The second-order valence-electron chi connectivity index (χ2n) is 7.36. The average molecular weight is 400 g/mol. The highest BCUT2D eigenvalue weighted by Crippen LogP contribution is 2.38. The van der Waals surface area contributed by atoms with Gasteiger partial charge in [0.25, 0.3) is 0 Å². The largest absolute Gasteiger partial charge is 0.497 e. The van der Waals surface area contributed by atoms with Crippen molar-refractivity contribution in [3.63, 3.8) is 0 Å². The van der Waals surface area contributed by atoms with Gasteiger partial charge in [-0.25, -0.2) is 4.98 Å². The molecule has 2 N–H and O–H groups in total. The van der Waals surface area contributed by atoms with E-state index in [0.29, 0.717) is 5.02 Å². The van der Waals surface area contributed by atoms with Gasteiger partial charge in [0.1, 0.15) is 5.75 Å². The van der Waals surface area contributed by atoms with E-state index in [1.165, 1.54) is 5.56 Å². The van der Waals surface area contributed by atoms with Gasteiger partial charge in [-0.1, -0.05) is 31.5 Å². The van der Waals surface area contributed by atoms with Crippen molar-refractivity contribution in [3.8, 4) is 5.75 Å². The first-order valence-corrected chi connectivity index (χ1v) is 10.4. The number of nitrogens with two attached hydrogens (primary N) is 1. The van der Waals surface area contributed by atoms with Crippen molar-refractivity contribution in [2.24, 2.45) is 5.73 Å². The summed E-state index contributed by atoms with van der Waals surface area (Å²) in [6.07, 6.45) is 1.96. The summed E-state index contributed by atoms with van der Waals surface area (Å²) in [5, 5.41) is 2.98. The molecule has 2 aromatic carbocycles. The lowest BCUT2D eigenvalue weighted by molar-refractivity contribution is 0.205. The van der Waals surface area contributed by atoms with Gasteiger partial charge in [0.2, 0.25) is 0 Å². The third-order valence-electron chi connectivity index (χ3n) is 5.47. The molecular formula is C23H30ClN3O. The van der Waals surface area contributed by atoms with Gasteiger partial charge < -0.3 is 10.5 Å². The van der Waals surface area contributed by atoms with Gasteiger partial charge in [0.05, 0.1) is 18.1 Å². The summed E-state index contributed by atoms with van der Waals surface area (Å²) in [7, 11) is 1.70. The van der Waals surface area contributed by atoms with E-state index in [2.05, 4.69) is 37.8 Å². The molecule has 0 saturated carbocycles. The second kappa shape index (κ2) is 9.08. The van der Waals surface area contributed by atoms with E-state index >= 15 is 0 Å². The van der Waals surface area contributed by atoms with Crippen molar-refractivity contribution >= 4 is 33.4 Å². The molecule has 0 aliphatic rings. The van der Waals surface area contributed by atoms with E-state index < -0.39 is 0 Å². The Morgan fingerprint density at radius 3 is 2.43 bits per heavy atom. The van der Waals surface area contributed by atoms with Crippen molar-refractivity contribution in [2.75, 3.05) is 20.2 Å². The molecule has 0 saturated heterocycles. The maximum absolute atomic E-state index is 6.28. The molecular weight excluding hydrogens is 370 g/mol. The third-order valence-corrected chi connectivity index (χ3v) is 5.70. The van der Waals surface area contributed by atoms with Crippen molar-refractivity contribution < 1.29 is 4.74 Å². The summed E-state index contributed by atoms with van der Waals surface area (Å²) in [5.41, 5.74) is 9.31. The van der Waals surface area contributed by atoms with Gasteiger partial charge in [-0.3, -0.25) is 4.90 Å². The number of rotatable bonds is 8. The molecule has 0 spiro atoms. The van der Waals surface area contributed by atoms with Crippen LogP contribution in [0.4, 0.5) is 0 Å². The number of halogens is 1. The molecule has 2 atom stereocenters. The summed E-state index contributed by atoms with van der Waals surface area (Å²) in [4.78, 5) is 7.38. The Hall–Kier alpha value is -1.88. The van der Waals surface area contributed by atoms with Gasteiger partial charge in [0.15, 0.2) is 0 Å². The SMILES string of the molecule is CCN(CC)C(CCC(C)N)c1c2ccc(Cl)cc2nc2ccc(OC)cc12. The van der Waals surface area contributed by atoms with Gasteiger partial charge >= 0.3 is 0 Å². The van der Waals surface area contributed by atoms with Crippen LogP contribution in [0.2, 0.25) is 5.02 Å². The molecule has 0 fully saturated rings. The highest BCUT2D eigenvalue weighted by molar-refractivity contribution is 6.31. The Kier molecular flexibility index (Phi) is 6.76. The van der Waals surface area contributed by atoms with Gasteiger partial charge in [-0.2, -0.15) is 0 Å².